The number of rotatable bonds is 2. The Balaban J connectivity index is 0.00000216. The van der Waals surface area contributed by atoms with Gasteiger partial charge in [0.05, 0.1) is 17.5 Å². The van der Waals surface area contributed by atoms with Crippen LogP contribution in [0.1, 0.15) is 5.01 Å². The normalized spacial score (nSPS) is 12.8. The van der Waals surface area contributed by atoms with Gasteiger partial charge in [-0.3, -0.25) is 0 Å². The molecule has 6 rings (SSSR count). The Bertz CT molecular complexity index is 1560. The summed E-state index contributed by atoms with van der Waals surface area (Å²) < 4.78 is 3.68. The summed E-state index contributed by atoms with van der Waals surface area (Å²) in [6.45, 7) is 0. The van der Waals surface area contributed by atoms with Crippen molar-refractivity contribution in [3.8, 4) is 0 Å². The number of hydrogen-bond donors (Lipinski definition) is 0. The van der Waals surface area contributed by atoms with E-state index in [9.17, 15) is 0 Å². The molecule has 0 unspecified atom stereocenters. The summed E-state index contributed by atoms with van der Waals surface area (Å²) in [5.41, 5.74) is 6.19. The lowest BCUT2D eigenvalue weighted by Gasteiger charge is -2.14. The first kappa shape index (κ1) is 21.5. The van der Waals surface area contributed by atoms with Gasteiger partial charge in [-0.05, 0) is 35.0 Å². The summed E-state index contributed by atoms with van der Waals surface area (Å²) in [6, 6.07) is 26.1. The van der Waals surface area contributed by atoms with Crippen molar-refractivity contribution in [3.05, 3.63) is 94.6 Å². The van der Waals surface area contributed by atoms with Gasteiger partial charge in [-0.2, -0.15) is 4.57 Å². The highest BCUT2D eigenvalue weighted by Crippen LogP contribution is 2.48. The Morgan fingerprint density at radius 1 is 0.906 bits per heavy atom. The van der Waals surface area contributed by atoms with Gasteiger partial charge in [-0.15, -0.1) is 0 Å². The molecular weight excluding hydrogens is 543 g/mol. The summed E-state index contributed by atoms with van der Waals surface area (Å²) in [5.74, 6) is 0. The maximum atomic E-state index is 3.57. The van der Waals surface area contributed by atoms with Gasteiger partial charge >= 0.3 is 0 Å². The van der Waals surface area contributed by atoms with Gasteiger partial charge in [-0.25, -0.2) is 0 Å². The van der Waals surface area contributed by atoms with Crippen LogP contribution >= 0.6 is 23.1 Å². The van der Waals surface area contributed by atoms with Crippen LogP contribution in [0.5, 0.6) is 0 Å². The molecule has 1 aliphatic rings. The van der Waals surface area contributed by atoms with Gasteiger partial charge in [0.1, 0.15) is 16.8 Å². The summed E-state index contributed by atoms with van der Waals surface area (Å²) in [4.78, 5) is 3.58. The molecular formula is C27H21IN2S2. The van der Waals surface area contributed by atoms with E-state index in [1.807, 2.05) is 11.3 Å². The van der Waals surface area contributed by atoms with Crippen LogP contribution in [-0.2, 0) is 13.5 Å². The standard InChI is InChI=1S/C27H21N2S2.HI/c1-28-24(30-22-16-14-18-8-3-5-10-20(18)26(22)28)12-7-13-25-29(2)27-21-11-6-4-9-19(21)15-17-23(27)31-25;/h3-11,14-17H,12H2,1-2H3;1H/q+1;/p-1. The molecule has 4 aromatic carbocycles. The molecule has 0 amide bonds. The van der Waals surface area contributed by atoms with Crippen LogP contribution < -0.4 is 33.4 Å². The average Bonchev–Trinajstić information content (AvgIpc) is 3.31. The minimum atomic E-state index is 0. The van der Waals surface area contributed by atoms with Crippen molar-refractivity contribution in [2.75, 3.05) is 11.9 Å². The van der Waals surface area contributed by atoms with E-state index in [4.69, 9.17) is 0 Å². The smallest absolute Gasteiger partial charge is 0.242 e. The first-order valence-electron chi connectivity index (χ1n) is 10.4. The largest absolute Gasteiger partial charge is 1.00 e. The second-order valence-electron chi connectivity index (χ2n) is 7.84. The van der Waals surface area contributed by atoms with Gasteiger partial charge < -0.3 is 28.9 Å². The van der Waals surface area contributed by atoms with Gasteiger partial charge in [-0.1, -0.05) is 83.4 Å². The lowest BCUT2D eigenvalue weighted by molar-refractivity contribution is -0.646. The number of hydrogen-bond acceptors (Lipinski definition) is 3. The Morgan fingerprint density at radius 3 is 2.41 bits per heavy atom. The van der Waals surface area contributed by atoms with Crippen molar-refractivity contribution in [1.82, 2.24) is 0 Å². The molecule has 0 aliphatic carbocycles. The van der Waals surface area contributed by atoms with Crippen molar-refractivity contribution >= 4 is 60.5 Å². The Kier molecular flexibility index (Phi) is 5.76. The molecule has 0 atom stereocenters. The fraction of sp³-hybridized carbons (Fsp3) is 0.111. The van der Waals surface area contributed by atoms with Crippen LogP contribution in [0.25, 0.3) is 31.8 Å². The summed E-state index contributed by atoms with van der Waals surface area (Å²) in [7, 11) is 4.33. The zero-order valence-electron chi connectivity index (χ0n) is 17.8. The molecule has 0 radical (unpaired) electrons. The van der Waals surface area contributed by atoms with Crippen LogP contribution in [0.15, 0.2) is 94.5 Å². The van der Waals surface area contributed by atoms with Crippen molar-refractivity contribution in [2.45, 2.75) is 11.3 Å². The topological polar surface area (TPSA) is 7.12 Å². The molecule has 5 aromatic rings. The molecule has 2 heterocycles. The zero-order valence-corrected chi connectivity index (χ0v) is 21.6. The molecule has 158 valence electrons. The van der Waals surface area contributed by atoms with E-state index in [2.05, 4.69) is 108 Å². The summed E-state index contributed by atoms with van der Waals surface area (Å²) >= 11 is 3.68. The Morgan fingerprint density at radius 2 is 1.59 bits per heavy atom. The lowest BCUT2D eigenvalue weighted by Crippen LogP contribution is -3.00. The van der Waals surface area contributed by atoms with Crippen LogP contribution in [0.3, 0.4) is 0 Å². The molecule has 5 heteroatoms. The van der Waals surface area contributed by atoms with E-state index in [0.717, 1.165) is 11.4 Å². The summed E-state index contributed by atoms with van der Waals surface area (Å²) in [5, 5.41) is 7.69. The van der Waals surface area contributed by atoms with Crippen LogP contribution in [0, 0.1) is 0 Å². The van der Waals surface area contributed by atoms with Crippen LogP contribution in [0.2, 0.25) is 0 Å². The number of thioether (sulfide) groups is 1. The Hall–Kier alpha value is -2.31. The second-order valence-corrected chi connectivity index (χ2v) is 9.99. The minimum Gasteiger partial charge on any atom is -1.00 e. The predicted octanol–water partition coefficient (Wildman–Crippen LogP) is 3.82. The number of allylic oxidation sites excluding steroid dienone is 1. The number of anilines is 1. The Labute approximate surface area is 212 Å². The third-order valence-corrected chi connectivity index (χ3v) is 8.37. The first-order chi connectivity index (χ1) is 15.2. The molecule has 32 heavy (non-hydrogen) atoms. The molecule has 1 aliphatic heterocycles. The number of fused-ring (bicyclic) bond motifs is 6. The minimum absolute atomic E-state index is 0. The second kappa shape index (κ2) is 8.56. The SMILES string of the molecule is CN1C(=C=CCc2sc3ccc4ccccc4c3[n+]2C)Sc2ccc3ccccc3c21.[I-]. The van der Waals surface area contributed by atoms with Gasteiger partial charge in [0.15, 0.2) is 0 Å². The number of nitrogens with zero attached hydrogens (tertiary/aromatic N) is 2. The van der Waals surface area contributed by atoms with Gasteiger partial charge in [0.25, 0.3) is 0 Å². The van der Waals surface area contributed by atoms with E-state index in [-0.39, 0.29) is 24.0 Å². The van der Waals surface area contributed by atoms with E-state index >= 15 is 0 Å². The van der Waals surface area contributed by atoms with Crippen molar-refractivity contribution in [3.63, 3.8) is 0 Å². The van der Waals surface area contributed by atoms with Crippen molar-refractivity contribution in [2.24, 2.45) is 7.05 Å². The zero-order chi connectivity index (χ0) is 20.9. The summed E-state index contributed by atoms with van der Waals surface area (Å²) in [6.07, 6.45) is 3.05. The lowest BCUT2D eigenvalue weighted by atomic mass is 10.1. The van der Waals surface area contributed by atoms with E-state index in [0.29, 0.717) is 0 Å². The molecule has 2 nitrogen and oxygen atoms in total. The fourth-order valence-corrected chi connectivity index (χ4v) is 6.64. The number of benzene rings is 4. The molecule has 0 saturated carbocycles. The average molecular weight is 565 g/mol. The van der Waals surface area contributed by atoms with E-state index in [1.165, 1.54) is 47.4 Å². The third kappa shape index (κ3) is 3.44. The van der Waals surface area contributed by atoms with Crippen molar-refractivity contribution in [1.29, 1.82) is 0 Å². The first-order valence-corrected chi connectivity index (χ1v) is 12.0. The highest BCUT2D eigenvalue weighted by atomic mass is 127. The molecule has 0 fully saturated rings. The predicted molar refractivity (Wildman–Crippen MR) is 134 cm³/mol. The monoisotopic (exact) mass is 564 g/mol. The quantitative estimate of drug-likeness (QED) is 0.183. The van der Waals surface area contributed by atoms with E-state index in [1.54, 1.807) is 11.8 Å². The molecule has 1 aromatic heterocycles. The number of aromatic nitrogens is 1. The maximum absolute atomic E-state index is 3.57. The third-order valence-electron chi connectivity index (χ3n) is 6.01. The fourth-order valence-electron chi connectivity index (χ4n) is 4.45. The molecule has 0 saturated heterocycles. The molecule has 0 spiro atoms. The number of thiazole rings is 1. The number of halogens is 1. The van der Waals surface area contributed by atoms with Crippen LogP contribution in [-0.4, -0.2) is 7.05 Å². The highest BCUT2D eigenvalue weighted by molar-refractivity contribution is 8.03. The highest BCUT2D eigenvalue weighted by Gasteiger charge is 2.24. The molecule has 0 bridgehead atoms. The van der Waals surface area contributed by atoms with E-state index < -0.39 is 0 Å². The maximum Gasteiger partial charge on any atom is 0.242 e. The number of aryl methyl sites for hydroxylation is 1. The molecule has 0 N–H and O–H groups in total. The van der Waals surface area contributed by atoms with Gasteiger partial charge in [0, 0.05) is 17.3 Å². The van der Waals surface area contributed by atoms with Gasteiger partial charge in [0.2, 0.25) is 10.5 Å². The van der Waals surface area contributed by atoms with Crippen LogP contribution in [0.4, 0.5) is 5.69 Å². The van der Waals surface area contributed by atoms with Crippen molar-refractivity contribution < 1.29 is 28.5 Å².